The van der Waals surface area contributed by atoms with Crippen molar-refractivity contribution in [1.29, 1.82) is 0 Å². The van der Waals surface area contributed by atoms with E-state index in [9.17, 15) is 9.59 Å². The van der Waals surface area contributed by atoms with Gasteiger partial charge in [-0.15, -0.1) is 11.3 Å². The number of thiophene rings is 1. The molecule has 0 radical (unpaired) electrons. The molecule has 21 heavy (non-hydrogen) atoms. The SMILES string of the molecule is CCC(=O)c1sc(NCCn2cccn2)c(C(N)=O)c1N. The zero-order valence-corrected chi connectivity index (χ0v) is 12.4. The molecule has 0 spiro atoms. The molecule has 0 bridgehead atoms. The van der Waals surface area contributed by atoms with Crippen molar-refractivity contribution in [3.8, 4) is 0 Å². The molecule has 2 aromatic heterocycles. The first-order chi connectivity index (χ1) is 10.0. The number of nitrogens with two attached hydrogens (primary N) is 2. The van der Waals surface area contributed by atoms with Crippen LogP contribution in [0.1, 0.15) is 33.4 Å². The number of carbonyl (C=O) groups is 2. The second-order valence-corrected chi connectivity index (χ2v) is 5.41. The third-order valence-corrected chi connectivity index (χ3v) is 4.16. The Morgan fingerprint density at radius 1 is 1.48 bits per heavy atom. The highest BCUT2D eigenvalue weighted by atomic mass is 32.1. The lowest BCUT2D eigenvalue weighted by atomic mass is 10.1. The fourth-order valence-corrected chi connectivity index (χ4v) is 3.06. The molecule has 0 aromatic carbocycles. The van der Waals surface area contributed by atoms with Crippen molar-refractivity contribution in [3.05, 3.63) is 28.9 Å². The van der Waals surface area contributed by atoms with Crippen LogP contribution in [0.3, 0.4) is 0 Å². The van der Waals surface area contributed by atoms with E-state index in [1.807, 2.05) is 12.3 Å². The molecule has 0 unspecified atom stereocenters. The predicted molar refractivity (Wildman–Crippen MR) is 82.6 cm³/mol. The minimum absolute atomic E-state index is 0.0971. The van der Waals surface area contributed by atoms with Crippen LogP contribution in [0, 0.1) is 0 Å². The number of hydrogen-bond donors (Lipinski definition) is 3. The quantitative estimate of drug-likeness (QED) is 0.667. The summed E-state index contributed by atoms with van der Waals surface area (Å²) in [6.45, 7) is 2.91. The van der Waals surface area contributed by atoms with Gasteiger partial charge in [-0.25, -0.2) is 0 Å². The molecule has 0 saturated heterocycles. The Hall–Kier alpha value is -2.35. The molecule has 0 aliphatic heterocycles. The van der Waals surface area contributed by atoms with Gasteiger partial charge in [-0.2, -0.15) is 5.10 Å². The number of primary amides is 1. The van der Waals surface area contributed by atoms with E-state index in [-0.39, 0.29) is 17.0 Å². The lowest BCUT2D eigenvalue weighted by molar-refractivity contribution is 0.0991. The normalized spacial score (nSPS) is 10.5. The van der Waals surface area contributed by atoms with Crippen molar-refractivity contribution >= 4 is 33.7 Å². The van der Waals surface area contributed by atoms with Crippen molar-refractivity contribution in [3.63, 3.8) is 0 Å². The zero-order chi connectivity index (χ0) is 15.4. The number of ketones is 1. The molecule has 7 nitrogen and oxygen atoms in total. The van der Waals surface area contributed by atoms with Crippen LogP contribution < -0.4 is 16.8 Å². The van der Waals surface area contributed by atoms with Gasteiger partial charge in [-0.05, 0) is 6.07 Å². The van der Waals surface area contributed by atoms with Gasteiger partial charge in [0, 0.05) is 25.4 Å². The molecule has 0 aliphatic carbocycles. The topological polar surface area (TPSA) is 116 Å². The highest BCUT2D eigenvalue weighted by molar-refractivity contribution is 7.19. The summed E-state index contributed by atoms with van der Waals surface area (Å²) in [5.41, 5.74) is 11.6. The van der Waals surface area contributed by atoms with Gasteiger partial charge in [0.05, 0.1) is 22.7 Å². The van der Waals surface area contributed by atoms with Crippen LogP contribution in [0.15, 0.2) is 18.5 Å². The number of aromatic nitrogens is 2. The van der Waals surface area contributed by atoms with Crippen molar-refractivity contribution in [2.24, 2.45) is 5.73 Å². The van der Waals surface area contributed by atoms with Crippen molar-refractivity contribution in [2.75, 3.05) is 17.6 Å². The van der Waals surface area contributed by atoms with Gasteiger partial charge in [0.15, 0.2) is 5.78 Å². The molecular formula is C13H17N5O2S. The van der Waals surface area contributed by atoms with Crippen LogP contribution in [0.5, 0.6) is 0 Å². The molecule has 1 amide bonds. The number of anilines is 2. The third kappa shape index (κ3) is 3.22. The van der Waals surface area contributed by atoms with E-state index < -0.39 is 5.91 Å². The zero-order valence-electron chi connectivity index (χ0n) is 11.6. The second-order valence-electron chi connectivity index (χ2n) is 4.39. The van der Waals surface area contributed by atoms with Crippen LogP contribution in [-0.2, 0) is 6.54 Å². The average molecular weight is 307 g/mol. The Morgan fingerprint density at radius 3 is 2.81 bits per heavy atom. The fourth-order valence-electron chi connectivity index (χ4n) is 1.90. The monoisotopic (exact) mass is 307 g/mol. The van der Waals surface area contributed by atoms with Gasteiger partial charge < -0.3 is 16.8 Å². The number of nitrogens with zero attached hydrogens (tertiary/aromatic N) is 2. The number of nitrogens with one attached hydrogen (secondary N) is 1. The fraction of sp³-hybridized carbons (Fsp3) is 0.308. The molecule has 112 valence electrons. The first-order valence-electron chi connectivity index (χ1n) is 6.51. The minimum atomic E-state index is -0.638. The molecule has 8 heteroatoms. The van der Waals surface area contributed by atoms with Crippen LogP contribution >= 0.6 is 11.3 Å². The van der Waals surface area contributed by atoms with Gasteiger partial charge in [0.1, 0.15) is 5.00 Å². The standard InChI is InChI=1S/C13H17N5O2S/c1-2-8(19)11-10(14)9(12(15)20)13(21-11)16-5-7-18-6-3-4-17-18/h3-4,6,16H,2,5,7,14H2,1H3,(H2,15,20). The number of hydrogen-bond acceptors (Lipinski definition) is 6. The van der Waals surface area contributed by atoms with Gasteiger partial charge in [-0.1, -0.05) is 6.92 Å². The highest BCUT2D eigenvalue weighted by Gasteiger charge is 2.23. The van der Waals surface area contributed by atoms with Gasteiger partial charge in [0.25, 0.3) is 5.91 Å². The molecule has 0 atom stereocenters. The molecule has 2 heterocycles. The van der Waals surface area contributed by atoms with Gasteiger partial charge in [0.2, 0.25) is 0 Å². The Balaban J connectivity index is 2.17. The highest BCUT2D eigenvalue weighted by Crippen LogP contribution is 2.36. The van der Waals surface area contributed by atoms with Crippen LogP contribution in [-0.4, -0.2) is 28.0 Å². The van der Waals surface area contributed by atoms with Crippen molar-refractivity contribution in [1.82, 2.24) is 9.78 Å². The lowest BCUT2D eigenvalue weighted by Gasteiger charge is -2.06. The number of carbonyl (C=O) groups excluding carboxylic acids is 2. The molecule has 2 rings (SSSR count). The molecule has 5 N–H and O–H groups in total. The Bertz CT molecular complexity index is 648. The van der Waals surface area contributed by atoms with Crippen molar-refractivity contribution < 1.29 is 9.59 Å². The molecule has 2 aromatic rings. The number of amides is 1. The van der Waals surface area contributed by atoms with Crippen LogP contribution in [0.4, 0.5) is 10.7 Å². The summed E-state index contributed by atoms with van der Waals surface area (Å²) in [4.78, 5) is 23.7. The minimum Gasteiger partial charge on any atom is -0.397 e. The number of nitrogen functional groups attached to an aromatic ring is 1. The van der Waals surface area contributed by atoms with E-state index in [1.54, 1.807) is 17.8 Å². The lowest BCUT2D eigenvalue weighted by Crippen LogP contribution is -2.16. The van der Waals surface area contributed by atoms with Crippen LogP contribution in [0.25, 0.3) is 0 Å². The average Bonchev–Trinajstić information content (AvgIpc) is 3.06. The second kappa shape index (κ2) is 6.40. The summed E-state index contributed by atoms with van der Waals surface area (Å²) < 4.78 is 1.76. The number of Topliss-reactive ketones (excluding diaryl/α,β-unsaturated/α-hetero) is 1. The Kier molecular flexibility index (Phi) is 4.59. The smallest absolute Gasteiger partial charge is 0.253 e. The maximum atomic E-state index is 11.8. The molecule has 0 fully saturated rings. The predicted octanol–water partition coefficient (Wildman–Crippen LogP) is 1.33. The summed E-state index contributed by atoms with van der Waals surface area (Å²) in [5.74, 6) is -0.736. The van der Waals surface area contributed by atoms with Gasteiger partial charge >= 0.3 is 0 Å². The summed E-state index contributed by atoms with van der Waals surface area (Å²) in [6, 6.07) is 1.83. The van der Waals surface area contributed by atoms with E-state index in [0.717, 1.165) is 0 Å². The van der Waals surface area contributed by atoms with E-state index in [4.69, 9.17) is 11.5 Å². The van der Waals surface area contributed by atoms with E-state index in [0.29, 0.717) is 29.4 Å². The summed E-state index contributed by atoms with van der Waals surface area (Å²) in [6.07, 6.45) is 3.86. The maximum absolute atomic E-state index is 11.8. The van der Waals surface area contributed by atoms with E-state index in [1.165, 1.54) is 11.3 Å². The molecule has 0 aliphatic rings. The summed E-state index contributed by atoms with van der Waals surface area (Å²) in [5, 5.41) is 7.71. The summed E-state index contributed by atoms with van der Waals surface area (Å²) >= 11 is 1.17. The third-order valence-electron chi connectivity index (χ3n) is 2.95. The molecular weight excluding hydrogens is 290 g/mol. The van der Waals surface area contributed by atoms with Crippen molar-refractivity contribution in [2.45, 2.75) is 19.9 Å². The Morgan fingerprint density at radius 2 is 2.24 bits per heavy atom. The van der Waals surface area contributed by atoms with E-state index >= 15 is 0 Å². The van der Waals surface area contributed by atoms with Gasteiger partial charge in [-0.3, -0.25) is 14.3 Å². The summed E-state index contributed by atoms with van der Waals surface area (Å²) in [7, 11) is 0. The first kappa shape index (κ1) is 15.0. The molecule has 0 saturated carbocycles. The Labute approximate surface area is 125 Å². The number of rotatable bonds is 7. The van der Waals surface area contributed by atoms with Crippen LogP contribution in [0.2, 0.25) is 0 Å². The van der Waals surface area contributed by atoms with E-state index in [2.05, 4.69) is 10.4 Å². The largest absolute Gasteiger partial charge is 0.397 e. The first-order valence-corrected chi connectivity index (χ1v) is 7.32. The maximum Gasteiger partial charge on any atom is 0.253 e.